The number of carboxylic acid groups (broad SMARTS) is 1. The lowest BCUT2D eigenvalue weighted by molar-refractivity contribution is 0.0695. The minimum Gasteiger partial charge on any atom is -0.477 e. The number of nitrogens with one attached hydrogen (secondary N) is 1. The Morgan fingerprint density at radius 3 is 2.48 bits per heavy atom. The normalized spacial score (nSPS) is 14.2. The fourth-order valence-corrected chi connectivity index (χ4v) is 2.96. The highest BCUT2D eigenvalue weighted by Gasteiger charge is 2.19. The van der Waals surface area contributed by atoms with Crippen molar-refractivity contribution in [2.24, 2.45) is 0 Å². The molecule has 0 atom stereocenters. The maximum absolute atomic E-state index is 14.5. The number of anilines is 1. The van der Waals surface area contributed by atoms with Crippen LogP contribution in [-0.2, 0) is 6.54 Å². The van der Waals surface area contributed by atoms with Crippen molar-refractivity contribution in [2.75, 3.05) is 31.1 Å². The lowest BCUT2D eigenvalue weighted by Gasteiger charge is -2.30. The molecule has 3 rings (SSSR count). The van der Waals surface area contributed by atoms with E-state index < -0.39 is 17.2 Å². The maximum atomic E-state index is 14.5. The molecule has 7 heteroatoms. The molecule has 2 aromatic rings. The van der Waals surface area contributed by atoms with Crippen molar-refractivity contribution in [3.8, 4) is 0 Å². The number of aryl methyl sites for hydroxylation is 1. The summed E-state index contributed by atoms with van der Waals surface area (Å²) in [5.41, 5.74) is 0.0118. The van der Waals surface area contributed by atoms with Gasteiger partial charge in [0.2, 0.25) is 5.43 Å². The second-order valence-electron chi connectivity index (χ2n) is 5.52. The van der Waals surface area contributed by atoms with E-state index in [9.17, 15) is 14.0 Å². The smallest absolute Gasteiger partial charge is 0.341 e. The van der Waals surface area contributed by atoms with Gasteiger partial charge in [-0.25, -0.2) is 9.18 Å². The number of hydrogen-bond acceptors (Lipinski definition) is 4. The van der Waals surface area contributed by atoms with Gasteiger partial charge in [0.1, 0.15) is 11.4 Å². The molecule has 0 saturated carbocycles. The first-order valence-corrected chi connectivity index (χ1v) is 8.58. The van der Waals surface area contributed by atoms with E-state index in [0.717, 1.165) is 19.2 Å². The minimum absolute atomic E-state index is 0.100. The molecule has 1 aromatic carbocycles. The number of carboxylic acids is 1. The van der Waals surface area contributed by atoms with Crippen LogP contribution < -0.4 is 15.6 Å². The van der Waals surface area contributed by atoms with Crippen LogP contribution in [0.5, 0.6) is 0 Å². The molecule has 0 unspecified atom stereocenters. The lowest BCUT2D eigenvalue weighted by Crippen LogP contribution is -2.43. The molecule has 1 aromatic heterocycles. The van der Waals surface area contributed by atoms with E-state index in [4.69, 9.17) is 5.11 Å². The van der Waals surface area contributed by atoms with Crippen molar-refractivity contribution in [1.29, 1.82) is 0 Å². The predicted molar refractivity (Wildman–Crippen MR) is 97.2 cm³/mol. The van der Waals surface area contributed by atoms with Gasteiger partial charge in [-0.2, -0.15) is 0 Å². The molecule has 0 bridgehead atoms. The third-order valence-electron chi connectivity index (χ3n) is 4.18. The van der Waals surface area contributed by atoms with Gasteiger partial charge in [-0.05, 0) is 19.1 Å². The molecule has 6 nitrogen and oxygen atoms in total. The van der Waals surface area contributed by atoms with Gasteiger partial charge in [-0.3, -0.25) is 4.79 Å². The zero-order chi connectivity index (χ0) is 18.6. The van der Waals surface area contributed by atoms with Crippen LogP contribution in [0.2, 0.25) is 0 Å². The quantitative estimate of drug-likeness (QED) is 0.889. The summed E-state index contributed by atoms with van der Waals surface area (Å²) in [7, 11) is 0. The summed E-state index contributed by atoms with van der Waals surface area (Å²) in [6.07, 6.45) is 1.33. The Hall–Kier alpha value is -2.41. The second kappa shape index (κ2) is 8.11. The van der Waals surface area contributed by atoms with Crippen LogP contribution in [0.15, 0.2) is 23.1 Å². The number of carbonyl (C=O) groups is 1. The summed E-state index contributed by atoms with van der Waals surface area (Å²) >= 11 is 0. The summed E-state index contributed by atoms with van der Waals surface area (Å²) in [6.45, 7) is 9.26. The first-order valence-electron chi connectivity index (χ1n) is 8.58. The van der Waals surface area contributed by atoms with Gasteiger partial charge >= 0.3 is 5.97 Å². The molecule has 0 aliphatic carbocycles. The van der Waals surface area contributed by atoms with Gasteiger partial charge in [0.05, 0.1) is 11.2 Å². The molecule has 1 aliphatic heterocycles. The van der Waals surface area contributed by atoms with Crippen LogP contribution in [0.1, 0.15) is 31.1 Å². The Bertz CT molecular complexity index is 826. The molecule has 136 valence electrons. The van der Waals surface area contributed by atoms with Crippen LogP contribution >= 0.6 is 0 Å². The Morgan fingerprint density at radius 2 is 1.92 bits per heavy atom. The molecule has 1 aliphatic rings. The predicted octanol–water partition coefficient (Wildman–Crippen LogP) is 2.29. The zero-order valence-corrected chi connectivity index (χ0v) is 14.8. The monoisotopic (exact) mass is 349 g/mol. The van der Waals surface area contributed by atoms with Crippen molar-refractivity contribution < 1.29 is 14.3 Å². The molecule has 0 amide bonds. The van der Waals surface area contributed by atoms with Gasteiger partial charge in [0, 0.05) is 44.3 Å². The van der Waals surface area contributed by atoms with Crippen molar-refractivity contribution >= 4 is 22.6 Å². The molecule has 25 heavy (non-hydrogen) atoms. The van der Waals surface area contributed by atoms with Crippen LogP contribution in [0.3, 0.4) is 0 Å². The van der Waals surface area contributed by atoms with Gasteiger partial charge in [-0.15, -0.1) is 0 Å². The molecular formula is C18H24FN3O3. The third kappa shape index (κ3) is 3.66. The summed E-state index contributed by atoms with van der Waals surface area (Å²) in [5, 5.41) is 12.5. The van der Waals surface area contributed by atoms with Gasteiger partial charge in [0.25, 0.3) is 0 Å². The summed E-state index contributed by atoms with van der Waals surface area (Å²) in [5.74, 6) is -1.80. The van der Waals surface area contributed by atoms with E-state index >= 15 is 0 Å². The molecule has 0 radical (unpaired) electrons. The first kappa shape index (κ1) is 18.9. The summed E-state index contributed by atoms with van der Waals surface area (Å²) in [4.78, 5) is 25.4. The summed E-state index contributed by atoms with van der Waals surface area (Å²) in [6, 6.07) is 2.81. The Balaban J connectivity index is 0.00000109. The number of piperazine rings is 1. The van der Waals surface area contributed by atoms with Gasteiger partial charge < -0.3 is 19.9 Å². The standard InChI is InChI=1S/C16H18FN3O3.C2H6/c1-2-19-9-11(16(22)23)15(21)10-7-12(17)14(8-13(10)19)20-5-3-18-4-6-20;1-2/h7-9,18H,2-6H2,1H3,(H,22,23);1-2H3. The van der Waals surface area contributed by atoms with Crippen LogP contribution in [0, 0.1) is 5.82 Å². The lowest BCUT2D eigenvalue weighted by atomic mass is 10.1. The number of benzene rings is 1. The topological polar surface area (TPSA) is 74.6 Å². The molecular weight excluding hydrogens is 325 g/mol. The SMILES string of the molecule is CC.CCn1cc(C(=O)O)c(=O)c2cc(F)c(N3CCNCC3)cc21. The van der Waals surface area contributed by atoms with Crippen LogP contribution in [0.25, 0.3) is 10.9 Å². The van der Waals surface area contributed by atoms with Crippen molar-refractivity contribution in [1.82, 2.24) is 9.88 Å². The van der Waals surface area contributed by atoms with E-state index in [-0.39, 0.29) is 10.9 Å². The number of fused-ring (bicyclic) bond motifs is 1. The van der Waals surface area contributed by atoms with Crippen molar-refractivity contribution in [3.05, 3.63) is 39.9 Å². The Kier molecular flexibility index (Phi) is 6.14. The fraction of sp³-hybridized carbons (Fsp3) is 0.444. The maximum Gasteiger partial charge on any atom is 0.341 e. The highest BCUT2D eigenvalue weighted by atomic mass is 19.1. The largest absolute Gasteiger partial charge is 0.477 e. The molecule has 2 heterocycles. The Labute approximate surface area is 145 Å². The molecule has 2 N–H and O–H groups in total. The van der Waals surface area contributed by atoms with E-state index in [2.05, 4.69) is 5.32 Å². The second-order valence-corrected chi connectivity index (χ2v) is 5.52. The summed E-state index contributed by atoms with van der Waals surface area (Å²) < 4.78 is 16.2. The number of pyridine rings is 1. The average molecular weight is 349 g/mol. The van der Waals surface area contributed by atoms with Crippen LogP contribution in [0.4, 0.5) is 10.1 Å². The number of nitrogens with zero attached hydrogens (tertiary/aromatic N) is 2. The first-order chi connectivity index (χ1) is 12.0. The Morgan fingerprint density at radius 1 is 1.28 bits per heavy atom. The minimum atomic E-state index is -1.30. The highest BCUT2D eigenvalue weighted by molar-refractivity contribution is 5.93. The van der Waals surface area contributed by atoms with E-state index in [1.807, 2.05) is 25.7 Å². The van der Waals surface area contributed by atoms with Crippen LogP contribution in [-0.4, -0.2) is 41.8 Å². The average Bonchev–Trinajstić information content (AvgIpc) is 2.64. The van der Waals surface area contributed by atoms with E-state index in [0.29, 0.717) is 30.8 Å². The third-order valence-corrected chi connectivity index (χ3v) is 4.18. The van der Waals surface area contributed by atoms with Gasteiger partial charge in [0.15, 0.2) is 0 Å². The fourth-order valence-electron chi connectivity index (χ4n) is 2.96. The van der Waals surface area contributed by atoms with Gasteiger partial charge in [-0.1, -0.05) is 13.8 Å². The van der Waals surface area contributed by atoms with E-state index in [1.54, 1.807) is 10.6 Å². The molecule has 0 spiro atoms. The number of hydrogen-bond donors (Lipinski definition) is 2. The number of halogens is 1. The number of rotatable bonds is 3. The van der Waals surface area contributed by atoms with Crippen molar-refractivity contribution in [2.45, 2.75) is 27.3 Å². The van der Waals surface area contributed by atoms with Crippen molar-refractivity contribution in [3.63, 3.8) is 0 Å². The zero-order valence-electron chi connectivity index (χ0n) is 14.8. The molecule has 1 saturated heterocycles. The molecule has 1 fully saturated rings. The van der Waals surface area contributed by atoms with E-state index in [1.165, 1.54) is 6.20 Å². The number of aromatic nitrogens is 1. The number of aromatic carboxylic acids is 1. The highest BCUT2D eigenvalue weighted by Crippen LogP contribution is 2.25.